The molecule has 6 nitrogen and oxygen atoms in total. The molecule has 1 aromatic heterocycles. The molecule has 0 spiro atoms. The van der Waals surface area contributed by atoms with Crippen LogP contribution in [0.5, 0.6) is 0 Å². The predicted octanol–water partition coefficient (Wildman–Crippen LogP) is 2.85. The molecule has 0 unspecified atom stereocenters. The van der Waals surface area contributed by atoms with Gasteiger partial charge in [-0.1, -0.05) is 29.4 Å². The number of rotatable bonds is 3. The van der Waals surface area contributed by atoms with E-state index in [2.05, 4.69) is 14.7 Å². The number of amides is 1. The summed E-state index contributed by atoms with van der Waals surface area (Å²) in [5.74, 6) is -1.69. The first kappa shape index (κ1) is 16.4. The Labute approximate surface area is 135 Å². The summed E-state index contributed by atoms with van der Waals surface area (Å²) < 4.78 is 41.5. The molecule has 0 bridgehead atoms. The lowest BCUT2D eigenvalue weighted by Gasteiger charge is -2.25. The number of hydrogen-bond acceptors (Lipinski definition) is 5. The first-order chi connectivity index (χ1) is 11.4. The summed E-state index contributed by atoms with van der Waals surface area (Å²) in [6, 6.07) is 6.37. The minimum absolute atomic E-state index is 0.152. The number of hydrogen-bond donors (Lipinski definition) is 0. The molecule has 1 aromatic carbocycles. The van der Waals surface area contributed by atoms with Crippen LogP contribution in [0.4, 0.5) is 13.2 Å². The van der Waals surface area contributed by atoms with E-state index in [0.29, 0.717) is 18.7 Å². The molecule has 2 aromatic rings. The molecule has 24 heavy (non-hydrogen) atoms. The minimum Gasteiger partial charge on any atom is -0.329 e. The molecule has 128 valence electrons. The van der Waals surface area contributed by atoms with E-state index in [0.717, 1.165) is 18.4 Å². The Morgan fingerprint density at radius 1 is 1.21 bits per heavy atom. The average molecular weight is 341 g/mol. The fourth-order valence-electron chi connectivity index (χ4n) is 2.28. The van der Waals surface area contributed by atoms with Crippen molar-refractivity contribution in [1.82, 2.24) is 15.2 Å². The summed E-state index contributed by atoms with van der Waals surface area (Å²) in [5, 5.41) is 4.67. The van der Waals surface area contributed by atoms with E-state index >= 15 is 0 Å². The first-order valence-corrected chi connectivity index (χ1v) is 7.37. The maximum absolute atomic E-state index is 12.5. The third-order valence-electron chi connectivity index (χ3n) is 3.52. The Balaban J connectivity index is 1.67. The smallest absolute Gasteiger partial charge is 0.329 e. The van der Waals surface area contributed by atoms with Crippen molar-refractivity contribution >= 4 is 5.91 Å². The van der Waals surface area contributed by atoms with Gasteiger partial charge >= 0.3 is 12.1 Å². The van der Waals surface area contributed by atoms with Gasteiger partial charge in [-0.25, -0.2) is 5.06 Å². The molecule has 3 rings (SSSR count). The molecule has 1 fully saturated rings. The van der Waals surface area contributed by atoms with Gasteiger partial charge in [0, 0.05) is 12.1 Å². The van der Waals surface area contributed by atoms with Crippen LogP contribution in [0.3, 0.4) is 0 Å². The van der Waals surface area contributed by atoms with Gasteiger partial charge in [-0.15, -0.1) is 0 Å². The van der Waals surface area contributed by atoms with Crippen LogP contribution in [0.25, 0.3) is 11.4 Å². The summed E-state index contributed by atoms with van der Waals surface area (Å²) in [6.07, 6.45) is -2.68. The van der Waals surface area contributed by atoms with Gasteiger partial charge < -0.3 is 4.52 Å². The normalized spacial score (nSPS) is 15.5. The van der Waals surface area contributed by atoms with Gasteiger partial charge in [-0.3, -0.25) is 9.63 Å². The van der Waals surface area contributed by atoms with Crippen LogP contribution < -0.4 is 0 Å². The highest BCUT2D eigenvalue weighted by Gasteiger charge is 2.38. The van der Waals surface area contributed by atoms with Crippen molar-refractivity contribution in [3.05, 3.63) is 35.7 Å². The lowest BCUT2D eigenvalue weighted by atomic mass is 10.1. The number of aromatic nitrogens is 2. The van der Waals surface area contributed by atoms with E-state index in [1.807, 2.05) is 0 Å². The number of carbonyl (C=O) groups is 1. The van der Waals surface area contributed by atoms with E-state index < -0.39 is 12.1 Å². The fraction of sp³-hybridized carbons (Fsp3) is 0.400. The number of benzene rings is 1. The standard InChI is InChI=1S/C15H14F3N3O3/c16-15(17,18)14-19-13(20-24-14)11-5-3-10(4-6-11)9-12(22)21-7-1-2-8-23-21/h3-6H,1-2,7-9H2. The third-order valence-corrected chi connectivity index (χ3v) is 3.52. The van der Waals surface area contributed by atoms with Crippen molar-refractivity contribution in [1.29, 1.82) is 0 Å². The number of carbonyl (C=O) groups excluding carboxylic acids is 1. The molecular formula is C15H14F3N3O3. The lowest BCUT2D eigenvalue weighted by Crippen LogP contribution is -2.36. The van der Waals surface area contributed by atoms with Crippen molar-refractivity contribution in [3.63, 3.8) is 0 Å². The molecule has 9 heteroatoms. The molecular weight excluding hydrogens is 327 g/mol. The van der Waals surface area contributed by atoms with E-state index in [4.69, 9.17) is 4.84 Å². The van der Waals surface area contributed by atoms with Crippen LogP contribution in [0.15, 0.2) is 28.8 Å². The zero-order valence-corrected chi connectivity index (χ0v) is 12.5. The van der Waals surface area contributed by atoms with Crippen LogP contribution in [-0.4, -0.2) is 34.3 Å². The van der Waals surface area contributed by atoms with Crippen molar-refractivity contribution < 1.29 is 27.3 Å². The highest BCUT2D eigenvalue weighted by atomic mass is 19.4. The van der Waals surface area contributed by atoms with Crippen LogP contribution in [0, 0.1) is 0 Å². The van der Waals surface area contributed by atoms with E-state index in [1.165, 1.54) is 5.06 Å². The number of nitrogens with zero attached hydrogens (tertiary/aromatic N) is 3. The third kappa shape index (κ3) is 3.73. The van der Waals surface area contributed by atoms with Gasteiger partial charge in [-0.05, 0) is 18.4 Å². The summed E-state index contributed by atoms with van der Waals surface area (Å²) >= 11 is 0. The van der Waals surface area contributed by atoms with Gasteiger partial charge in [-0.2, -0.15) is 18.2 Å². The Hall–Kier alpha value is -2.42. The van der Waals surface area contributed by atoms with Gasteiger partial charge in [0.2, 0.25) is 5.82 Å². The minimum atomic E-state index is -4.67. The second kappa shape index (κ2) is 6.60. The van der Waals surface area contributed by atoms with Gasteiger partial charge in [0.05, 0.1) is 13.0 Å². The Kier molecular flexibility index (Phi) is 4.52. The molecule has 1 aliphatic rings. The second-order valence-electron chi connectivity index (χ2n) is 5.33. The highest BCUT2D eigenvalue weighted by Crippen LogP contribution is 2.29. The Bertz CT molecular complexity index is 707. The van der Waals surface area contributed by atoms with E-state index in [9.17, 15) is 18.0 Å². The molecule has 0 atom stereocenters. The van der Waals surface area contributed by atoms with Gasteiger partial charge in [0.25, 0.3) is 5.91 Å². The molecule has 2 heterocycles. The molecule has 1 saturated heterocycles. The number of alkyl halides is 3. The first-order valence-electron chi connectivity index (χ1n) is 7.37. The maximum Gasteiger partial charge on any atom is 0.471 e. The monoisotopic (exact) mass is 341 g/mol. The average Bonchev–Trinajstić information content (AvgIpc) is 3.07. The van der Waals surface area contributed by atoms with Crippen molar-refractivity contribution in [2.45, 2.75) is 25.4 Å². The van der Waals surface area contributed by atoms with Crippen molar-refractivity contribution in [2.75, 3.05) is 13.2 Å². The second-order valence-corrected chi connectivity index (χ2v) is 5.33. The summed E-state index contributed by atoms with van der Waals surface area (Å²) in [6.45, 7) is 1.10. The zero-order valence-electron chi connectivity index (χ0n) is 12.5. The lowest BCUT2D eigenvalue weighted by molar-refractivity contribution is -0.196. The topological polar surface area (TPSA) is 68.5 Å². The van der Waals surface area contributed by atoms with Crippen LogP contribution in [0.2, 0.25) is 0 Å². The SMILES string of the molecule is O=C(Cc1ccc(-c2noc(C(F)(F)F)n2)cc1)N1CCCCO1. The molecule has 0 N–H and O–H groups in total. The van der Waals surface area contributed by atoms with Crippen LogP contribution in [0.1, 0.15) is 24.3 Å². The quantitative estimate of drug-likeness (QED) is 0.859. The fourth-order valence-corrected chi connectivity index (χ4v) is 2.28. The van der Waals surface area contributed by atoms with E-state index in [-0.39, 0.29) is 18.2 Å². The van der Waals surface area contributed by atoms with Gasteiger partial charge in [0.15, 0.2) is 0 Å². The molecule has 0 radical (unpaired) electrons. The summed E-state index contributed by atoms with van der Waals surface area (Å²) in [4.78, 5) is 20.7. The van der Waals surface area contributed by atoms with Gasteiger partial charge in [0.1, 0.15) is 0 Å². The highest BCUT2D eigenvalue weighted by molar-refractivity contribution is 5.78. The van der Waals surface area contributed by atoms with Crippen LogP contribution in [-0.2, 0) is 22.2 Å². The molecule has 0 aliphatic carbocycles. The van der Waals surface area contributed by atoms with Crippen molar-refractivity contribution in [3.8, 4) is 11.4 Å². The molecule has 1 amide bonds. The summed E-state index contributed by atoms with van der Waals surface area (Å²) in [5.41, 5.74) is 1.09. The predicted molar refractivity (Wildman–Crippen MR) is 75.3 cm³/mol. The van der Waals surface area contributed by atoms with Crippen LogP contribution >= 0.6 is 0 Å². The summed E-state index contributed by atoms with van der Waals surface area (Å²) in [7, 11) is 0. The number of hydroxylamine groups is 2. The molecule has 1 aliphatic heterocycles. The van der Waals surface area contributed by atoms with E-state index in [1.54, 1.807) is 24.3 Å². The Morgan fingerprint density at radius 2 is 1.96 bits per heavy atom. The number of halogens is 3. The maximum atomic E-state index is 12.5. The van der Waals surface area contributed by atoms with Crippen molar-refractivity contribution in [2.24, 2.45) is 0 Å². The molecule has 0 saturated carbocycles. The Morgan fingerprint density at radius 3 is 2.54 bits per heavy atom. The largest absolute Gasteiger partial charge is 0.471 e. The zero-order chi connectivity index (χ0) is 17.2.